The molecule has 4 fully saturated rings. The average molecular weight is 293 g/mol. The van der Waals surface area contributed by atoms with E-state index in [4.69, 9.17) is 0 Å². The third kappa shape index (κ3) is 2.27. The van der Waals surface area contributed by atoms with Crippen molar-refractivity contribution < 1.29 is 0 Å². The Morgan fingerprint density at radius 1 is 1.00 bits per heavy atom. The van der Waals surface area contributed by atoms with E-state index < -0.39 is 0 Å². The molecule has 0 N–H and O–H groups in total. The molecule has 0 amide bonds. The monoisotopic (exact) mass is 293 g/mol. The minimum absolute atomic E-state index is 0.623. The molecular weight excluding hydrogens is 263 g/mol. The molecule has 4 saturated carbocycles. The van der Waals surface area contributed by atoms with E-state index in [-0.39, 0.29) is 0 Å². The van der Waals surface area contributed by atoms with Gasteiger partial charge in [0, 0.05) is 0 Å². The average Bonchev–Trinajstić information content (AvgIpc) is 2.97. The summed E-state index contributed by atoms with van der Waals surface area (Å²) in [6, 6.07) is 11.3. The summed E-state index contributed by atoms with van der Waals surface area (Å²) < 4.78 is 0. The van der Waals surface area contributed by atoms with Crippen LogP contribution in [0.25, 0.3) is 0 Å². The zero-order chi connectivity index (χ0) is 15.3. The first-order valence-corrected chi connectivity index (χ1v) is 9.47. The van der Waals surface area contributed by atoms with Gasteiger partial charge in [-0.1, -0.05) is 82.0 Å². The number of benzene rings is 1. The zero-order valence-corrected chi connectivity index (χ0v) is 14.5. The van der Waals surface area contributed by atoms with Crippen molar-refractivity contribution in [1.82, 2.24) is 0 Å². The standard InChI is InChI=1S/C21H30B/c1-14-18-12-16(21(18,2)3)13-20(14)22-19-11-7-10-17(19)15-8-5-4-6-9-15/h4-6,8-9,14,16-20H,7,10-13H2,1-3H3/t14-,16+,17-,18-,19+,20-/m1/s1. The Hall–Kier alpha value is -0.715. The van der Waals surface area contributed by atoms with Crippen molar-refractivity contribution in [2.75, 3.05) is 0 Å². The summed E-state index contributed by atoms with van der Waals surface area (Å²) in [6.45, 7) is 7.57. The first-order chi connectivity index (χ1) is 10.6. The fourth-order valence-electron chi connectivity index (χ4n) is 6.09. The number of hydrogen-bond acceptors (Lipinski definition) is 0. The molecule has 5 rings (SSSR count). The van der Waals surface area contributed by atoms with E-state index in [0.717, 1.165) is 35.3 Å². The fraction of sp³-hybridized carbons (Fsp3) is 0.714. The summed E-state index contributed by atoms with van der Waals surface area (Å²) in [7, 11) is 2.81. The van der Waals surface area contributed by atoms with Crippen LogP contribution in [0, 0.1) is 23.2 Å². The fourth-order valence-corrected chi connectivity index (χ4v) is 6.09. The molecule has 1 heteroatoms. The summed E-state index contributed by atoms with van der Waals surface area (Å²) in [5.74, 6) is 5.37. The van der Waals surface area contributed by atoms with Crippen LogP contribution in [-0.4, -0.2) is 7.28 Å². The first-order valence-electron chi connectivity index (χ1n) is 9.47. The Morgan fingerprint density at radius 2 is 1.77 bits per heavy atom. The van der Waals surface area contributed by atoms with Crippen molar-refractivity contribution in [2.24, 2.45) is 23.2 Å². The molecule has 4 aliphatic rings. The van der Waals surface area contributed by atoms with Gasteiger partial charge in [-0.05, 0) is 47.5 Å². The van der Waals surface area contributed by atoms with Crippen molar-refractivity contribution in [3.05, 3.63) is 35.9 Å². The molecule has 4 aliphatic carbocycles. The van der Waals surface area contributed by atoms with E-state index >= 15 is 0 Å². The maximum Gasteiger partial charge on any atom is 0.118 e. The summed E-state index contributed by atoms with van der Waals surface area (Å²) in [5.41, 5.74) is 2.20. The smallest absolute Gasteiger partial charge is 0.0655 e. The van der Waals surface area contributed by atoms with Crippen LogP contribution in [0.3, 0.4) is 0 Å². The molecule has 1 aromatic carbocycles. The minimum Gasteiger partial charge on any atom is -0.0655 e. The van der Waals surface area contributed by atoms with E-state index in [1.54, 1.807) is 5.56 Å². The predicted octanol–water partition coefficient (Wildman–Crippen LogP) is 5.94. The van der Waals surface area contributed by atoms with Crippen LogP contribution in [0.1, 0.15) is 64.4 Å². The molecule has 6 atom stereocenters. The lowest BCUT2D eigenvalue weighted by molar-refractivity contribution is -0.0987. The molecule has 2 bridgehead atoms. The van der Waals surface area contributed by atoms with Gasteiger partial charge in [0.25, 0.3) is 0 Å². The van der Waals surface area contributed by atoms with Crippen LogP contribution in [0.5, 0.6) is 0 Å². The topological polar surface area (TPSA) is 0 Å². The first kappa shape index (κ1) is 14.9. The van der Waals surface area contributed by atoms with Gasteiger partial charge < -0.3 is 0 Å². The van der Waals surface area contributed by atoms with Gasteiger partial charge in [-0.3, -0.25) is 0 Å². The number of fused-ring (bicyclic) bond motifs is 2. The van der Waals surface area contributed by atoms with Crippen LogP contribution in [0.15, 0.2) is 30.3 Å². The van der Waals surface area contributed by atoms with Crippen LogP contribution in [0.4, 0.5) is 0 Å². The van der Waals surface area contributed by atoms with E-state index in [1.807, 2.05) is 0 Å². The van der Waals surface area contributed by atoms with E-state index in [1.165, 1.54) is 32.1 Å². The SMILES string of the molecule is C[C@H]1[C@H]([B][C@H]2CCC[C@@H]2c2ccccc2)C[C@@H]2C[C@H]1C2(C)C. The summed E-state index contributed by atoms with van der Waals surface area (Å²) >= 11 is 0. The third-order valence-corrected chi connectivity index (χ3v) is 7.70. The zero-order valence-electron chi connectivity index (χ0n) is 14.5. The minimum atomic E-state index is 0.623. The van der Waals surface area contributed by atoms with Gasteiger partial charge in [0.2, 0.25) is 0 Å². The molecule has 117 valence electrons. The highest BCUT2D eigenvalue weighted by Crippen LogP contribution is 2.65. The second-order valence-electron chi connectivity index (χ2n) is 8.92. The Balaban J connectivity index is 1.45. The van der Waals surface area contributed by atoms with Gasteiger partial charge in [-0.15, -0.1) is 0 Å². The highest BCUT2D eigenvalue weighted by molar-refractivity contribution is 6.40. The maximum absolute atomic E-state index is 2.81. The molecule has 0 nitrogen and oxygen atoms in total. The van der Waals surface area contributed by atoms with Crippen molar-refractivity contribution in [1.29, 1.82) is 0 Å². The highest BCUT2D eigenvalue weighted by atomic mass is 14.6. The quantitative estimate of drug-likeness (QED) is 0.605. The van der Waals surface area contributed by atoms with Gasteiger partial charge in [0.05, 0.1) is 0 Å². The number of hydrogen-bond donors (Lipinski definition) is 0. The molecular formula is C21H30B. The second-order valence-corrected chi connectivity index (χ2v) is 8.92. The Labute approximate surface area is 137 Å². The van der Waals surface area contributed by atoms with Gasteiger partial charge in [-0.25, -0.2) is 0 Å². The van der Waals surface area contributed by atoms with Crippen molar-refractivity contribution in [3.8, 4) is 0 Å². The summed E-state index contributed by atoms with van der Waals surface area (Å²) in [5, 5.41) is 0. The molecule has 0 spiro atoms. The van der Waals surface area contributed by atoms with Crippen molar-refractivity contribution in [3.63, 3.8) is 0 Å². The van der Waals surface area contributed by atoms with Crippen molar-refractivity contribution in [2.45, 2.75) is 70.4 Å². The molecule has 0 heterocycles. The van der Waals surface area contributed by atoms with Crippen molar-refractivity contribution >= 4 is 7.28 Å². The van der Waals surface area contributed by atoms with Crippen LogP contribution < -0.4 is 0 Å². The van der Waals surface area contributed by atoms with Crippen LogP contribution >= 0.6 is 0 Å². The largest absolute Gasteiger partial charge is 0.118 e. The van der Waals surface area contributed by atoms with Crippen LogP contribution in [-0.2, 0) is 0 Å². The maximum atomic E-state index is 2.81. The second kappa shape index (κ2) is 5.43. The molecule has 22 heavy (non-hydrogen) atoms. The van der Waals surface area contributed by atoms with Gasteiger partial charge in [0.1, 0.15) is 7.28 Å². The van der Waals surface area contributed by atoms with Gasteiger partial charge in [0.15, 0.2) is 0 Å². The Kier molecular flexibility index (Phi) is 3.66. The molecule has 0 aromatic heterocycles. The lowest BCUT2D eigenvalue weighted by atomic mass is 9.35. The summed E-state index contributed by atoms with van der Waals surface area (Å²) in [6.07, 6.45) is 7.19. The molecule has 0 aliphatic heterocycles. The van der Waals surface area contributed by atoms with Crippen LogP contribution in [0.2, 0.25) is 11.6 Å². The molecule has 1 radical (unpaired) electrons. The van der Waals surface area contributed by atoms with E-state index in [0.29, 0.717) is 5.41 Å². The van der Waals surface area contributed by atoms with E-state index in [2.05, 4.69) is 58.4 Å². The molecule has 0 unspecified atom stereocenters. The lowest BCUT2D eigenvalue weighted by Crippen LogP contribution is -2.54. The third-order valence-electron chi connectivity index (χ3n) is 7.70. The predicted molar refractivity (Wildman–Crippen MR) is 95.4 cm³/mol. The Bertz CT molecular complexity index is 520. The molecule has 0 saturated heterocycles. The highest BCUT2D eigenvalue weighted by Gasteiger charge is 2.56. The van der Waals surface area contributed by atoms with Gasteiger partial charge in [-0.2, -0.15) is 0 Å². The normalized spacial score (nSPS) is 42.7. The molecule has 1 aromatic rings. The Morgan fingerprint density at radius 3 is 2.45 bits per heavy atom. The lowest BCUT2D eigenvalue weighted by Gasteiger charge is -2.62. The number of rotatable bonds is 3. The van der Waals surface area contributed by atoms with E-state index in [9.17, 15) is 0 Å². The van der Waals surface area contributed by atoms with Gasteiger partial charge >= 0.3 is 0 Å². The summed E-state index contributed by atoms with van der Waals surface area (Å²) in [4.78, 5) is 0.